The van der Waals surface area contributed by atoms with Gasteiger partial charge in [-0.3, -0.25) is 4.79 Å². The van der Waals surface area contributed by atoms with Crippen molar-refractivity contribution in [3.63, 3.8) is 0 Å². The first-order valence-electron chi connectivity index (χ1n) is 6.35. The highest BCUT2D eigenvalue weighted by Gasteiger charge is 2.09. The van der Waals surface area contributed by atoms with Crippen LogP contribution >= 0.6 is 11.3 Å². The van der Waals surface area contributed by atoms with E-state index >= 15 is 0 Å². The molecule has 102 valence electrons. The molecule has 2 rings (SSSR count). The van der Waals surface area contributed by atoms with Crippen LogP contribution in [0.2, 0.25) is 0 Å². The highest BCUT2D eigenvalue weighted by Crippen LogP contribution is 2.27. The number of fused-ring (bicyclic) bond motifs is 1. The van der Waals surface area contributed by atoms with Crippen molar-refractivity contribution in [3.05, 3.63) is 29.1 Å². The van der Waals surface area contributed by atoms with E-state index in [4.69, 9.17) is 10.5 Å². The maximum Gasteiger partial charge on any atom is 0.261 e. The van der Waals surface area contributed by atoms with Gasteiger partial charge >= 0.3 is 0 Å². The first-order valence-corrected chi connectivity index (χ1v) is 7.17. The molecule has 1 heterocycles. The highest BCUT2D eigenvalue weighted by atomic mass is 32.1. The second-order valence-electron chi connectivity index (χ2n) is 4.21. The molecule has 0 aliphatic carbocycles. The van der Waals surface area contributed by atoms with Crippen molar-refractivity contribution < 1.29 is 9.53 Å². The summed E-state index contributed by atoms with van der Waals surface area (Å²) in [5, 5.41) is 3.91. The van der Waals surface area contributed by atoms with E-state index in [1.54, 1.807) is 0 Å². The largest absolute Gasteiger partial charge is 0.399 e. The summed E-state index contributed by atoms with van der Waals surface area (Å²) < 4.78 is 6.30. The Balaban J connectivity index is 1.94. The van der Waals surface area contributed by atoms with E-state index in [9.17, 15) is 4.79 Å². The molecular weight excluding hydrogens is 260 g/mol. The van der Waals surface area contributed by atoms with Gasteiger partial charge in [-0.1, -0.05) is 0 Å². The third kappa shape index (κ3) is 3.68. The van der Waals surface area contributed by atoms with Crippen molar-refractivity contribution in [2.45, 2.75) is 13.3 Å². The lowest BCUT2D eigenvalue weighted by Gasteiger charge is -2.03. The number of thiophene rings is 1. The molecule has 1 aromatic carbocycles. The summed E-state index contributed by atoms with van der Waals surface area (Å²) in [6.45, 7) is 3.99. The predicted molar refractivity (Wildman–Crippen MR) is 79.7 cm³/mol. The molecule has 0 spiro atoms. The first-order chi connectivity index (χ1) is 9.20. The summed E-state index contributed by atoms with van der Waals surface area (Å²) in [6, 6.07) is 7.57. The van der Waals surface area contributed by atoms with Crippen LogP contribution in [0.15, 0.2) is 24.3 Å². The van der Waals surface area contributed by atoms with Crippen LogP contribution in [-0.4, -0.2) is 25.7 Å². The summed E-state index contributed by atoms with van der Waals surface area (Å²) in [7, 11) is 0. The van der Waals surface area contributed by atoms with Crippen molar-refractivity contribution >= 4 is 33.0 Å². The zero-order chi connectivity index (χ0) is 13.7. The summed E-state index contributed by atoms with van der Waals surface area (Å²) in [5.74, 6) is -0.0312. The molecule has 19 heavy (non-hydrogen) atoms. The zero-order valence-electron chi connectivity index (χ0n) is 10.9. The summed E-state index contributed by atoms with van der Waals surface area (Å²) in [6.07, 6.45) is 0.831. The molecule has 0 saturated heterocycles. The van der Waals surface area contributed by atoms with Crippen LogP contribution in [0.25, 0.3) is 10.1 Å². The highest BCUT2D eigenvalue weighted by molar-refractivity contribution is 7.20. The van der Waals surface area contributed by atoms with Crippen molar-refractivity contribution in [1.29, 1.82) is 0 Å². The molecule has 1 aromatic heterocycles. The number of hydrogen-bond acceptors (Lipinski definition) is 4. The number of benzene rings is 1. The fraction of sp³-hybridized carbons (Fsp3) is 0.357. The van der Waals surface area contributed by atoms with Gasteiger partial charge in [0.1, 0.15) is 0 Å². The molecule has 0 bridgehead atoms. The van der Waals surface area contributed by atoms with Crippen LogP contribution in [0.5, 0.6) is 0 Å². The summed E-state index contributed by atoms with van der Waals surface area (Å²) >= 11 is 1.48. The maximum atomic E-state index is 12.0. The number of anilines is 1. The number of carbonyl (C=O) groups excluding carboxylic acids is 1. The monoisotopic (exact) mass is 278 g/mol. The Morgan fingerprint density at radius 2 is 2.26 bits per heavy atom. The molecule has 3 N–H and O–H groups in total. The van der Waals surface area contributed by atoms with E-state index in [1.807, 2.05) is 31.2 Å². The Labute approximate surface area is 116 Å². The quantitative estimate of drug-likeness (QED) is 0.630. The van der Waals surface area contributed by atoms with Gasteiger partial charge in [0.25, 0.3) is 5.91 Å². The number of nitrogens with two attached hydrogens (primary N) is 1. The summed E-state index contributed by atoms with van der Waals surface area (Å²) in [5.41, 5.74) is 6.44. The lowest BCUT2D eigenvalue weighted by Crippen LogP contribution is -2.24. The lowest BCUT2D eigenvalue weighted by atomic mass is 10.2. The molecule has 0 unspecified atom stereocenters. The molecule has 0 fully saturated rings. The van der Waals surface area contributed by atoms with Gasteiger partial charge in [0, 0.05) is 30.1 Å². The van der Waals surface area contributed by atoms with E-state index in [0.29, 0.717) is 25.4 Å². The molecule has 0 saturated carbocycles. The minimum Gasteiger partial charge on any atom is -0.399 e. The van der Waals surface area contributed by atoms with Crippen LogP contribution in [0, 0.1) is 0 Å². The minimum absolute atomic E-state index is 0.0312. The Morgan fingerprint density at radius 1 is 1.42 bits per heavy atom. The molecule has 0 atom stereocenters. The molecule has 0 aliphatic rings. The second-order valence-corrected chi connectivity index (χ2v) is 5.30. The third-order valence-electron chi connectivity index (χ3n) is 2.72. The Bertz CT molecular complexity index is 566. The Hall–Kier alpha value is -1.59. The number of hydrogen-bond donors (Lipinski definition) is 2. The number of carbonyl (C=O) groups is 1. The average molecular weight is 278 g/mol. The number of amides is 1. The standard InChI is InChI=1S/C14H18N2O2S/c1-2-18-7-3-6-16-14(17)13-9-10-8-11(15)4-5-12(10)19-13/h4-5,8-9H,2-3,6-7,15H2,1H3,(H,16,17). The normalized spacial score (nSPS) is 10.8. The number of nitrogen functional groups attached to an aromatic ring is 1. The van der Waals surface area contributed by atoms with Gasteiger partial charge in [-0.15, -0.1) is 11.3 Å². The topological polar surface area (TPSA) is 64.3 Å². The van der Waals surface area contributed by atoms with Crippen molar-refractivity contribution in [1.82, 2.24) is 5.32 Å². The van der Waals surface area contributed by atoms with E-state index in [-0.39, 0.29) is 5.91 Å². The predicted octanol–water partition coefficient (Wildman–Crippen LogP) is 2.64. The number of rotatable bonds is 6. The van der Waals surface area contributed by atoms with E-state index in [2.05, 4.69) is 5.32 Å². The fourth-order valence-electron chi connectivity index (χ4n) is 1.78. The maximum absolute atomic E-state index is 12.0. The van der Waals surface area contributed by atoms with E-state index < -0.39 is 0 Å². The lowest BCUT2D eigenvalue weighted by molar-refractivity contribution is 0.0948. The van der Waals surface area contributed by atoms with Gasteiger partial charge < -0.3 is 15.8 Å². The van der Waals surface area contributed by atoms with Gasteiger partial charge in [-0.05, 0) is 43.0 Å². The minimum atomic E-state index is -0.0312. The first kappa shape index (κ1) is 13.8. The number of ether oxygens (including phenoxy) is 1. The van der Waals surface area contributed by atoms with Crippen LogP contribution in [0.1, 0.15) is 23.0 Å². The van der Waals surface area contributed by atoms with Crippen molar-refractivity contribution in [2.75, 3.05) is 25.5 Å². The smallest absolute Gasteiger partial charge is 0.261 e. The summed E-state index contributed by atoms with van der Waals surface area (Å²) in [4.78, 5) is 12.7. The molecule has 0 radical (unpaired) electrons. The second kappa shape index (κ2) is 6.54. The van der Waals surface area contributed by atoms with Gasteiger partial charge in [0.2, 0.25) is 0 Å². The zero-order valence-corrected chi connectivity index (χ0v) is 11.8. The van der Waals surface area contributed by atoms with E-state index in [1.165, 1.54) is 11.3 Å². The number of nitrogens with one attached hydrogen (secondary N) is 1. The Kier molecular flexibility index (Phi) is 4.76. The van der Waals surface area contributed by atoms with Crippen LogP contribution < -0.4 is 11.1 Å². The molecule has 5 heteroatoms. The molecule has 4 nitrogen and oxygen atoms in total. The third-order valence-corrected chi connectivity index (χ3v) is 3.83. The molecule has 0 aliphatic heterocycles. The van der Waals surface area contributed by atoms with Crippen LogP contribution in [0.4, 0.5) is 5.69 Å². The van der Waals surface area contributed by atoms with Gasteiger partial charge in [0.15, 0.2) is 0 Å². The molecule has 2 aromatic rings. The van der Waals surface area contributed by atoms with E-state index in [0.717, 1.165) is 21.4 Å². The van der Waals surface area contributed by atoms with Gasteiger partial charge in [-0.2, -0.15) is 0 Å². The van der Waals surface area contributed by atoms with Crippen molar-refractivity contribution in [2.24, 2.45) is 0 Å². The van der Waals surface area contributed by atoms with Crippen LogP contribution in [0.3, 0.4) is 0 Å². The molecular formula is C14H18N2O2S. The molecule has 1 amide bonds. The van der Waals surface area contributed by atoms with Crippen molar-refractivity contribution in [3.8, 4) is 0 Å². The Morgan fingerprint density at radius 3 is 3.05 bits per heavy atom. The van der Waals surface area contributed by atoms with Crippen LogP contribution in [-0.2, 0) is 4.74 Å². The van der Waals surface area contributed by atoms with Gasteiger partial charge in [0.05, 0.1) is 4.88 Å². The average Bonchev–Trinajstić information content (AvgIpc) is 2.81. The fourth-order valence-corrected chi connectivity index (χ4v) is 2.74. The van der Waals surface area contributed by atoms with Gasteiger partial charge in [-0.25, -0.2) is 0 Å². The SMILES string of the molecule is CCOCCCNC(=O)c1cc2cc(N)ccc2s1.